The number of hydrogen-bond acceptors (Lipinski definition) is 3. The number of carbonyl (C=O) groups is 2. The Balaban J connectivity index is 1.92. The molecule has 2 amide bonds. The smallest absolute Gasteiger partial charge is 0.251 e. The summed E-state index contributed by atoms with van der Waals surface area (Å²) >= 11 is 0. The van der Waals surface area contributed by atoms with Crippen molar-refractivity contribution in [2.45, 2.75) is 63.6 Å². The topological polar surface area (TPSA) is 69.6 Å². The van der Waals surface area contributed by atoms with Gasteiger partial charge in [0.2, 0.25) is 5.91 Å². The Morgan fingerprint density at radius 1 is 1.13 bits per heavy atom. The van der Waals surface area contributed by atoms with Crippen LogP contribution in [0.15, 0.2) is 54.6 Å². The molecule has 0 aromatic heterocycles. The highest BCUT2D eigenvalue weighted by molar-refractivity contribution is 5.94. The van der Waals surface area contributed by atoms with Crippen LogP contribution in [0, 0.1) is 5.82 Å². The summed E-state index contributed by atoms with van der Waals surface area (Å²) in [6.45, 7) is 4.20. The number of amides is 2. The fraction of sp³-hybridized carbons (Fsp3) is 0.440. The van der Waals surface area contributed by atoms with Crippen molar-refractivity contribution in [3.05, 3.63) is 71.5 Å². The lowest BCUT2D eigenvalue weighted by Gasteiger charge is -2.49. The van der Waals surface area contributed by atoms with Crippen LogP contribution in [-0.2, 0) is 4.79 Å². The molecule has 0 bridgehead atoms. The van der Waals surface area contributed by atoms with E-state index in [2.05, 4.69) is 12.2 Å². The normalized spacial score (nSPS) is 23.4. The number of rotatable bonds is 7. The van der Waals surface area contributed by atoms with Gasteiger partial charge in [0.05, 0.1) is 17.7 Å². The molecule has 2 N–H and O–H groups in total. The monoisotopic (exact) mass is 426 g/mol. The van der Waals surface area contributed by atoms with E-state index in [1.807, 2.05) is 30.3 Å². The Labute approximate surface area is 183 Å². The van der Waals surface area contributed by atoms with Crippen LogP contribution in [0.2, 0.25) is 0 Å². The first-order valence-electron chi connectivity index (χ1n) is 11.0. The number of benzene rings is 2. The van der Waals surface area contributed by atoms with Gasteiger partial charge < -0.3 is 15.3 Å². The fourth-order valence-electron chi connectivity index (χ4n) is 4.19. The SMILES string of the molecule is CCCCCC(=O)N1CC[C@@](C)(O)[C@@H](NC(=O)c2ccc(F)cc2)[C@@H]1c1ccccc1. The Bertz CT molecular complexity index is 883. The molecule has 0 radical (unpaired) electrons. The first kappa shape index (κ1) is 22.9. The standard InChI is InChI=1S/C25H31FN2O3/c1-3-4-6-11-21(29)28-17-16-25(2,31)23(22(28)18-9-7-5-8-10-18)27-24(30)19-12-14-20(26)15-13-19/h5,7-10,12-15,22-23,31H,3-4,6,11,16-17H2,1-2H3,(H,27,30)/t22-,23-,25+/m0/s1. The Morgan fingerprint density at radius 2 is 1.81 bits per heavy atom. The van der Waals surface area contributed by atoms with Crippen LogP contribution in [0.4, 0.5) is 4.39 Å². The molecule has 31 heavy (non-hydrogen) atoms. The molecule has 2 aromatic carbocycles. The van der Waals surface area contributed by atoms with Crippen LogP contribution in [0.5, 0.6) is 0 Å². The van der Waals surface area contributed by atoms with Gasteiger partial charge in [-0.3, -0.25) is 9.59 Å². The first-order valence-corrected chi connectivity index (χ1v) is 11.0. The zero-order valence-electron chi connectivity index (χ0n) is 18.2. The molecule has 2 aromatic rings. The average molecular weight is 427 g/mol. The van der Waals surface area contributed by atoms with Gasteiger partial charge in [-0.2, -0.15) is 0 Å². The van der Waals surface area contributed by atoms with E-state index in [1.54, 1.807) is 11.8 Å². The number of aliphatic hydroxyl groups is 1. The van der Waals surface area contributed by atoms with Gasteiger partial charge in [0.15, 0.2) is 0 Å². The van der Waals surface area contributed by atoms with Gasteiger partial charge in [0.1, 0.15) is 5.82 Å². The molecule has 1 fully saturated rings. The summed E-state index contributed by atoms with van der Waals surface area (Å²) in [7, 11) is 0. The number of unbranched alkanes of at least 4 members (excludes halogenated alkanes) is 2. The predicted molar refractivity (Wildman–Crippen MR) is 118 cm³/mol. The zero-order chi connectivity index (χ0) is 22.4. The molecule has 1 aliphatic rings. The van der Waals surface area contributed by atoms with Gasteiger partial charge in [-0.1, -0.05) is 50.1 Å². The van der Waals surface area contributed by atoms with Crippen molar-refractivity contribution in [1.82, 2.24) is 10.2 Å². The highest BCUT2D eigenvalue weighted by atomic mass is 19.1. The second kappa shape index (κ2) is 10.1. The molecule has 0 aliphatic carbocycles. The molecular weight excluding hydrogens is 395 g/mol. The molecule has 0 unspecified atom stereocenters. The third-order valence-corrected chi connectivity index (χ3v) is 6.03. The molecule has 3 atom stereocenters. The maximum Gasteiger partial charge on any atom is 0.251 e. The van der Waals surface area contributed by atoms with Gasteiger partial charge >= 0.3 is 0 Å². The molecule has 1 aliphatic heterocycles. The minimum Gasteiger partial charge on any atom is -0.388 e. The fourth-order valence-corrected chi connectivity index (χ4v) is 4.19. The van der Waals surface area contributed by atoms with Crippen molar-refractivity contribution in [2.75, 3.05) is 6.54 Å². The van der Waals surface area contributed by atoms with Gasteiger partial charge in [-0.05, 0) is 49.6 Å². The van der Waals surface area contributed by atoms with E-state index < -0.39 is 29.4 Å². The lowest BCUT2D eigenvalue weighted by molar-refractivity contribution is -0.142. The highest BCUT2D eigenvalue weighted by Crippen LogP contribution is 2.37. The van der Waals surface area contributed by atoms with E-state index >= 15 is 0 Å². The van der Waals surface area contributed by atoms with E-state index in [0.717, 1.165) is 24.8 Å². The summed E-state index contributed by atoms with van der Waals surface area (Å²) in [6.07, 6.45) is 3.62. The van der Waals surface area contributed by atoms with Crippen LogP contribution < -0.4 is 5.32 Å². The van der Waals surface area contributed by atoms with Gasteiger partial charge in [0, 0.05) is 18.5 Å². The quantitative estimate of drug-likeness (QED) is 0.651. The second-order valence-electron chi connectivity index (χ2n) is 8.46. The van der Waals surface area contributed by atoms with Crippen LogP contribution in [-0.4, -0.2) is 40.0 Å². The molecule has 1 saturated heterocycles. The molecular formula is C25H31FN2O3. The van der Waals surface area contributed by atoms with E-state index in [-0.39, 0.29) is 5.91 Å². The maximum absolute atomic E-state index is 13.3. The van der Waals surface area contributed by atoms with Crippen LogP contribution in [0.1, 0.15) is 67.9 Å². The number of halogens is 1. The van der Waals surface area contributed by atoms with E-state index in [0.29, 0.717) is 24.9 Å². The minimum absolute atomic E-state index is 0.0267. The zero-order valence-corrected chi connectivity index (χ0v) is 18.2. The van der Waals surface area contributed by atoms with Crippen molar-refractivity contribution in [3.8, 4) is 0 Å². The first-order chi connectivity index (χ1) is 14.8. The summed E-state index contributed by atoms with van der Waals surface area (Å²) in [6, 6.07) is 13.6. The summed E-state index contributed by atoms with van der Waals surface area (Å²) in [5, 5.41) is 14.1. The Kier molecular flexibility index (Phi) is 7.44. The van der Waals surface area contributed by atoms with Crippen molar-refractivity contribution in [2.24, 2.45) is 0 Å². The van der Waals surface area contributed by atoms with Crippen LogP contribution >= 0.6 is 0 Å². The molecule has 166 valence electrons. The van der Waals surface area contributed by atoms with Crippen LogP contribution in [0.3, 0.4) is 0 Å². The van der Waals surface area contributed by atoms with E-state index in [9.17, 15) is 19.1 Å². The Hall–Kier alpha value is -2.73. The lowest BCUT2D eigenvalue weighted by atomic mass is 9.79. The van der Waals surface area contributed by atoms with Crippen molar-refractivity contribution in [1.29, 1.82) is 0 Å². The van der Waals surface area contributed by atoms with Gasteiger partial charge in [-0.25, -0.2) is 4.39 Å². The summed E-state index contributed by atoms with van der Waals surface area (Å²) in [5.41, 5.74) is -0.0535. The third kappa shape index (κ3) is 5.50. The highest BCUT2D eigenvalue weighted by Gasteiger charge is 2.47. The largest absolute Gasteiger partial charge is 0.388 e. The number of hydrogen-bond donors (Lipinski definition) is 2. The number of nitrogens with zero attached hydrogens (tertiary/aromatic N) is 1. The molecule has 6 heteroatoms. The molecule has 3 rings (SSSR count). The molecule has 0 saturated carbocycles. The number of carbonyl (C=O) groups excluding carboxylic acids is 2. The van der Waals surface area contributed by atoms with Crippen LogP contribution in [0.25, 0.3) is 0 Å². The average Bonchev–Trinajstić information content (AvgIpc) is 2.76. The van der Waals surface area contributed by atoms with E-state index in [1.165, 1.54) is 24.3 Å². The molecule has 5 nitrogen and oxygen atoms in total. The predicted octanol–water partition coefficient (Wildman–Crippen LogP) is 4.23. The van der Waals surface area contributed by atoms with E-state index in [4.69, 9.17) is 0 Å². The number of piperidine rings is 1. The lowest BCUT2D eigenvalue weighted by Crippen LogP contribution is -2.63. The number of nitrogens with one attached hydrogen (secondary N) is 1. The number of likely N-dealkylation sites (tertiary alicyclic amines) is 1. The van der Waals surface area contributed by atoms with Crippen molar-refractivity contribution in [3.63, 3.8) is 0 Å². The second-order valence-corrected chi connectivity index (χ2v) is 8.46. The Morgan fingerprint density at radius 3 is 2.45 bits per heavy atom. The van der Waals surface area contributed by atoms with Crippen molar-refractivity contribution < 1.29 is 19.1 Å². The third-order valence-electron chi connectivity index (χ3n) is 6.03. The van der Waals surface area contributed by atoms with Gasteiger partial charge in [-0.15, -0.1) is 0 Å². The summed E-state index contributed by atoms with van der Waals surface area (Å²) in [4.78, 5) is 27.8. The minimum atomic E-state index is -1.21. The summed E-state index contributed by atoms with van der Waals surface area (Å²) in [5.74, 6) is -0.808. The van der Waals surface area contributed by atoms with Crippen molar-refractivity contribution >= 4 is 11.8 Å². The van der Waals surface area contributed by atoms with Gasteiger partial charge in [0.25, 0.3) is 5.91 Å². The molecule has 0 spiro atoms. The summed E-state index contributed by atoms with van der Waals surface area (Å²) < 4.78 is 13.3. The molecule has 1 heterocycles. The maximum atomic E-state index is 13.3.